The maximum absolute atomic E-state index is 11.6. The van der Waals surface area contributed by atoms with E-state index in [0.717, 1.165) is 29.7 Å². The van der Waals surface area contributed by atoms with Gasteiger partial charge in [0.05, 0.1) is 0 Å². The number of hydrogen-bond donors (Lipinski definition) is 3. The molecule has 1 aromatic heterocycles. The van der Waals surface area contributed by atoms with Gasteiger partial charge in [0.1, 0.15) is 11.2 Å². The number of nitrogens with one attached hydrogen (secondary N) is 1. The number of rotatable bonds is 5. The molecular weight excluding hydrogens is 332 g/mol. The van der Waals surface area contributed by atoms with Crippen molar-refractivity contribution in [2.75, 3.05) is 5.32 Å². The summed E-state index contributed by atoms with van der Waals surface area (Å²) in [6.07, 6.45) is 3.25. The van der Waals surface area contributed by atoms with Gasteiger partial charge in [-0.15, -0.1) is 11.3 Å². The molecule has 1 heterocycles. The van der Waals surface area contributed by atoms with E-state index in [1.54, 1.807) is 0 Å². The van der Waals surface area contributed by atoms with Crippen LogP contribution in [0.2, 0.25) is 0 Å². The Bertz CT molecular complexity index is 795. The van der Waals surface area contributed by atoms with Crippen LogP contribution in [0.4, 0.5) is 5.00 Å². The highest BCUT2D eigenvalue weighted by Gasteiger charge is 2.31. The average Bonchev–Trinajstić information content (AvgIpc) is 2.89. The molecule has 1 aliphatic rings. The van der Waals surface area contributed by atoms with E-state index in [1.165, 1.54) is 41.4 Å². The van der Waals surface area contributed by atoms with Crippen molar-refractivity contribution in [3.63, 3.8) is 0 Å². The Kier molecular flexibility index (Phi) is 5.27. The molecule has 1 amide bonds. The van der Waals surface area contributed by atoms with Crippen LogP contribution in [0, 0.1) is 6.92 Å². The van der Waals surface area contributed by atoms with E-state index in [1.807, 2.05) is 0 Å². The summed E-state index contributed by atoms with van der Waals surface area (Å²) in [6.45, 7) is 5.81. The van der Waals surface area contributed by atoms with Gasteiger partial charge in [-0.3, -0.25) is 4.79 Å². The Morgan fingerprint density at radius 3 is 2.88 bits per heavy atom. The summed E-state index contributed by atoms with van der Waals surface area (Å²) in [4.78, 5) is 12.7. The van der Waals surface area contributed by atoms with E-state index in [0.29, 0.717) is 16.5 Å². The van der Waals surface area contributed by atoms with Crippen molar-refractivity contribution in [2.45, 2.75) is 58.6 Å². The fourth-order valence-corrected chi connectivity index (χ4v) is 5.12. The number of unbranched alkanes of at least 4 members (excludes halogenated alkanes) is 1. The first-order chi connectivity index (χ1) is 11.9. The van der Waals surface area contributed by atoms with Crippen molar-refractivity contribution in [1.29, 1.82) is 0 Å². The lowest BCUT2D eigenvalue weighted by Gasteiger charge is -2.27. The van der Waals surface area contributed by atoms with Crippen LogP contribution in [0.15, 0.2) is 18.2 Å². The predicted octanol–water partition coefficient (Wildman–Crippen LogP) is 4.46. The number of aliphatic hydroxyl groups excluding tert-OH is 1. The first-order valence-corrected chi connectivity index (χ1v) is 9.71. The van der Waals surface area contributed by atoms with E-state index in [2.05, 4.69) is 37.4 Å². The van der Waals surface area contributed by atoms with Crippen molar-refractivity contribution in [3.05, 3.63) is 40.5 Å². The minimum Gasteiger partial charge on any atom is -0.374 e. The SMILES string of the molecule is CCCCC1Cc2c(sc(NC(C)=O)c2C(N)O)-c2ccc(C)cc21. The molecule has 4 nitrogen and oxygen atoms in total. The lowest BCUT2D eigenvalue weighted by atomic mass is 9.78. The summed E-state index contributed by atoms with van der Waals surface area (Å²) >= 11 is 1.52. The quantitative estimate of drug-likeness (QED) is 0.691. The molecule has 2 unspecified atom stereocenters. The molecule has 0 fully saturated rings. The van der Waals surface area contributed by atoms with Gasteiger partial charge in [0.25, 0.3) is 0 Å². The zero-order valence-corrected chi connectivity index (χ0v) is 15.9. The second-order valence-electron chi connectivity index (χ2n) is 6.91. The zero-order chi connectivity index (χ0) is 18.1. The molecule has 0 radical (unpaired) electrons. The van der Waals surface area contributed by atoms with Gasteiger partial charge in [0, 0.05) is 17.4 Å². The molecule has 0 bridgehead atoms. The Morgan fingerprint density at radius 2 is 2.24 bits per heavy atom. The van der Waals surface area contributed by atoms with Crippen LogP contribution in [0.1, 0.15) is 67.5 Å². The summed E-state index contributed by atoms with van der Waals surface area (Å²) in [5.41, 5.74) is 11.5. The molecule has 134 valence electrons. The Balaban J connectivity index is 2.16. The van der Waals surface area contributed by atoms with Crippen molar-refractivity contribution < 1.29 is 9.90 Å². The number of benzene rings is 1. The van der Waals surface area contributed by atoms with E-state index in [-0.39, 0.29) is 5.91 Å². The second kappa shape index (κ2) is 7.28. The number of carbonyl (C=O) groups excluding carboxylic acids is 1. The summed E-state index contributed by atoms with van der Waals surface area (Å²) < 4.78 is 0. The van der Waals surface area contributed by atoms with E-state index < -0.39 is 6.23 Å². The number of aryl methyl sites for hydroxylation is 1. The maximum Gasteiger partial charge on any atom is 0.221 e. The molecule has 0 spiro atoms. The van der Waals surface area contributed by atoms with Crippen LogP contribution in [-0.4, -0.2) is 11.0 Å². The van der Waals surface area contributed by atoms with Crippen molar-refractivity contribution in [3.8, 4) is 10.4 Å². The Labute approximate surface area is 153 Å². The predicted molar refractivity (Wildman–Crippen MR) is 104 cm³/mol. The van der Waals surface area contributed by atoms with Gasteiger partial charge in [0.15, 0.2) is 0 Å². The smallest absolute Gasteiger partial charge is 0.221 e. The number of thiophene rings is 1. The highest BCUT2D eigenvalue weighted by Crippen LogP contribution is 2.50. The molecule has 2 aromatic rings. The highest BCUT2D eigenvalue weighted by molar-refractivity contribution is 7.20. The molecule has 2 atom stereocenters. The number of nitrogens with two attached hydrogens (primary N) is 1. The highest BCUT2D eigenvalue weighted by atomic mass is 32.1. The van der Waals surface area contributed by atoms with Gasteiger partial charge < -0.3 is 16.2 Å². The van der Waals surface area contributed by atoms with Crippen molar-refractivity contribution >= 4 is 22.2 Å². The van der Waals surface area contributed by atoms with Crippen molar-refractivity contribution in [1.82, 2.24) is 0 Å². The third-order valence-corrected chi connectivity index (χ3v) is 6.08. The van der Waals surface area contributed by atoms with Crippen LogP contribution < -0.4 is 11.1 Å². The minimum atomic E-state index is -1.08. The van der Waals surface area contributed by atoms with Gasteiger partial charge in [-0.25, -0.2) is 0 Å². The number of carbonyl (C=O) groups is 1. The molecule has 5 heteroatoms. The van der Waals surface area contributed by atoms with Gasteiger partial charge >= 0.3 is 0 Å². The first-order valence-electron chi connectivity index (χ1n) is 8.90. The van der Waals surface area contributed by atoms with Crippen LogP contribution in [-0.2, 0) is 11.2 Å². The van der Waals surface area contributed by atoms with Gasteiger partial charge in [-0.05, 0) is 42.4 Å². The number of hydrogen-bond acceptors (Lipinski definition) is 4. The molecule has 1 aliphatic carbocycles. The maximum atomic E-state index is 11.6. The fourth-order valence-electron chi connectivity index (χ4n) is 3.75. The van der Waals surface area contributed by atoms with Crippen LogP contribution in [0.25, 0.3) is 10.4 Å². The van der Waals surface area contributed by atoms with Crippen LogP contribution in [0.3, 0.4) is 0 Å². The normalized spacial score (nSPS) is 16.9. The zero-order valence-electron chi connectivity index (χ0n) is 15.1. The third kappa shape index (κ3) is 3.50. The van der Waals surface area contributed by atoms with Gasteiger partial charge in [-0.1, -0.05) is 43.5 Å². The summed E-state index contributed by atoms with van der Waals surface area (Å²) in [6, 6.07) is 6.58. The molecular formula is C20H26N2O2S. The number of anilines is 1. The lowest BCUT2D eigenvalue weighted by molar-refractivity contribution is -0.114. The third-order valence-electron chi connectivity index (χ3n) is 4.88. The minimum absolute atomic E-state index is 0.146. The van der Waals surface area contributed by atoms with E-state index in [4.69, 9.17) is 5.73 Å². The first kappa shape index (κ1) is 18.1. The fraction of sp³-hybridized carbons (Fsp3) is 0.450. The van der Waals surface area contributed by atoms with Gasteiger partial charge in [-0.2, -0.15) is 0 Å². The van der Waals surface area contributed by atoms with Crippen molar-refractivity contribution in [2.24, 2.45) is 5.73 Å². The second-order valence-corrected chi connectivity index (χ2v) is 7.93. The lowest BCUT2D eigenvalue weighted by Crippen LogP contribution is -2.17. The molecule has 25 heavy (non-hydrogen) atoms. The van der Waals surface area contributed by atoms with Crippen LogP contribution in [0.5, 0.6) is 0 Å². The number of amides is 1. The largest absolute Gasteiger partial charge is 0.374 e. The van der Waals surface area contributed by atoms with E-state index >= 15 is 0 Å². The molecule has 4 N–H and O–H groups in total. The molecule has 0 saturated carbocycles. The number of fused-ring (bicyclic) bond motifs is 3. The summed E-state index contributed by atoms with van der Waals surface area (Å²) in [5.74, 6) is 0.284. The average molecular weight is 359 g/mol. The number of aliphatic hydroxyl groups is 1. The van der Waals surface area contributed by atoms with Gasteiger partial charge in [0.2, 0.25) is 5.91 Å². The molecule has 0 saturated heterocycles. The standard InChI is InChI=1S/C20H26N2O2S/c1-4-5-6-13-10-16-17(19(21)24)20(22-12(3)23)25-18(16)14-8-7-11(2)9-15(13)14/h7-9,13,19,24H,4-6,10,21H2,1-3H3,(H,22,23). The van der Waals surface area contributed by atoms with Crippen LogP contribution >= 0.6 is 11.3 Å². The van der Waals surface area contributed by atoms with E-state index in [9.17, 15) is 9.90 Å². The molecule has 3 rings (SSSR count). The Morgan fingerprint density at radius 1 is 1.48 bits per heavy atom. The Hall–Kier alpha value is -1.69. The monoisotopic (exact) mass is 358 g/mol. The molecule has 0 aliphatic heterocycles. The molecule has 1 aromatic carbocycles. The summed E-state index contributed by atoms with van der Waals surface area (Å²) in [7, 11) is 0. The summed E-state index contributed by atoms with van der Waals surface area (Å²) in [5, 5.41) is 13.7. The topological polar surface area (TPSA) is 75.4 Å².